The summed E-state index contributed by atoms with van der Waals surface area (Å²) < 4.78 is 44.6. The predicted molar refractivity (Wildman–Crippen MR) is 59.4 cm³/mol. The molecule has 0 saturated heterocycles. The topological polar surface area (TPSA) is 74.3 Å². The number of hydrogen-bond donors (Lipinski definition) is 0. The van der Waals surface area contributed by atoms with Gasteiger partial charge in [-0.05, 0) is 25.0 Å². The van der Waals surface area contributed by atoms with Crippen molar-refractivity contribution in [3.05, 3.63) is 30.3 Å². The van der Waals surface area contributed by atoms with Gasteiger partial charge in [0.05, 0.1) is 9.64 Å². The Morgan fingerprint density at radius 3 is 2.25 bits per heavy atom. The monoisotopic (exact) mass is 259 g/mol. The Bertz CT molecular complexity index is 503. The molecular weight excluding hydrogens is 248 g/mol. The largest absolute Gasteiger partial charge is 0.772 e. The van der Waals surface area contributed by atoms with Gasteiger partial charge in [0.15, 0.2) is 9.84 Å². The van der Waals surface area contributed by atoms with Crippen LogP contribution >= 0.6 is 0 Å². The van der Waals surface area contributed by atoms with Gasteiger partial charge in [-0.3, -0.25) is 4.21 Å². The molecule has 88 valence electrons. The van der Waals surface area contributed by atoms with E-state index < -0.39 is 25.7 Å². The summed E-state index contributed by atoms with van der Waals surface area (Å²) in [7, 11) is -3.52. The van der Waals surface area contributed by atoms with Crippen molar-refractivity contribution >= 4 is 20.9 Å². The molecule has 0 aromatic heterocycles. The Kier molecular flexibility index (Phi) is 2.90. The van der Waals surface area contributed by atoms with E-state index in [-0.39, 0.29) is 10.6 Å². The van der Waals surface area contributed by atoms with Crippen LogP contribution < -0.4 is 0 Å². The lowest BCUT2D eigenvalue weighted by Crippen LogP contribution is -2.29. The second-order valence-corrected chi connectivity index (χ2v) is 7.19. The second kappa shape index (κ2) is 3.94. The molecule has 1 aromatic carbocycles. The van der Waals surface area contributed by atoms with Crippen molar-refractivity contribution in [2.75, 3.05) is 5.75 Å². The minimum absolute atomic E-state index is 0.206. The van der Waals surface area contributed by atoms with Gasteiger partial charge in [0, 0.05) is 5.75 Å². The molecule has 0 spiro atoms. The molecule has 1 aliphatic rings. The van der Waals surface area contributed by atoms with E-state index in [1.807, 2.05) is 0 Å². The maximum absolute atomic E-state index is 12.2. The first-order chi connectivity index (χ1) is 7.48. The summed E-state index contributed by atoms with van der Waals surface area (Å²) in [4.78, 5) is 0.206. The van der Waals surface area contributed by atoms with Crippen LogP contribution in [0.2, 0.25) is 0 Å². The molecule has 4 nitrogen and oxygen atoms in total. The van der Waals surface area contributed by atoms with Gasteiger partial charge in [0.1, 0.15) is 0 Å². The van der Waals surface area contributed by atoms with Crippen molar-refractivity contribution in [2.45, 2.75) is 22.5 Å². The maximum atomic E-state index is 12.2. The molecule has 0 bridgehead atoms. The first-order valence-electron chi connectivity index (χ1n) is 4.83. The van der Waals surface area contributed by atoms with Crippen LogP contribution in [0.3, 0.4) is 0 Å². The van der Waals surface area contributed by atoms with E-state index in [9.17, 15) is 17.2 Å². The van der Waals surface area contributed by atoms with Crippen LogP contribution in [0.25, 0.3) is 0 Å². The summed E-state index contributed by atoms with van der Waals surface area (Å²) >= 11 is -2.32. The molecule has 1 aliphatic carbocycles. The maximum Gasteiger partial charge on any atom is 0.184 e. The van der Waals surface area contributed by atoms with Gasteiger partial charge in [-0.2, -0.15) is 0 Å². The van der Waals surface area contributed by atoms with Gasteiger partial charge < -0.3 is 4.55 Å². The molecule has 0 heterocycles. The summed E-state index contributed by atoms with van der Waals surface area (Å²) in [5.74, 6) is -0.301. The van der Waals surface area contributed by atoms with E-state index in [4.69, 9.17) is 0 Å². The van der Waals surface area contributed by atoms with Crippen LogP contribution in [0.15, 0.2) is 35.2 Å². The molecule has 1 aromatic rings. The van der Waals surface area contributed by atoms with Crippen LogP contribution in [0, 0.1) is 0 Å². The lowest BCUT2D eigenvalue weighted by atomic mass is 10.4. The quantitative estimate of drug-likeness (QED) is 0.752. The highest BCUT2D eigenvalue weighted by Crippen LogP contribution is 2.47. The lowest BCUT2D eigenvalue weighted by molar-refractivity contribution is 0.530. The minimum atomic E-state index is -3.52. The van der Waals surface area contributed by atoms with E-state index in [2.05, 4.69) is 0 Å². The fourth-order valence-electron chi connectivity index (χ4n) is 1.69. The highest BCUT2D eigenvalue weighted by atomic mass is 32.2. The van der Waals surface area contributed by atoms with Crippen LogP contribution in [0.5, 0.6) is 0 Å². The fraction of sp³-hybridized carbons (Fsp3) is 0.400. The zero-order valence-electron chi connectivity index (χ0n) is 8.46. The Labute approximate surface area is 96.9 Å². The highest BCUT2D eigenvalue weighted by molar-refractivity contribution is 7.94. The van der Waals surface area contributed by atoms with E-state index in [0.29, 0.717) is 12.8 Å². The van der Waals surface area contributed by atoms with Crippen LogP contribution in [-0.4, -0.2) is 27.7 Å². The summed E-state index contributed by atoms with van der Waals surface area (Å²) in [5, 5.41) is 0. The van der Waals surface area contributed by atoms with Crippen molar-refractivity contribution in [1.82, 2.24) is 0 Å². The normalized spacial score (nSPS) is 20.3. The van der Waals surface area contributed by atoms with E-state index in [1.54, 1.807) is 18.2 Å². The average Bonchev–Trinajstić information content (AvgIpc) is 2.99. The van der Waals surface area contributed by atoms with Crippen LogP contribution in [0.1, 0.15) is 12.8 Å². The third-order valence-electron chi connectivity index (χ3n) is 2.81. The minimum Gasteiger partial charge on any atom is -0.772 e. The zero-order chi connectivity index (χ0) is 11.8. The van der Waals surface area contributed by atoms with Gasteiger partial charge in [0.2, 0.25) is 0 Å². The molecule has 0 aliphatic heterocycles. The SMILES string of the molecule is O=S([O-])CC1(S(=O)(=O)c2ccccc2)CC1. The summed E-state index contributed by atoms with van der Waals surface area (Å²) in [5.41, 5.74) is 0. The van der Waals surface area contributed by atoms with E-state index in [0.717, 1.165) is 0 Å². The Balaban J connectivity index is 2.37. The van der Waals surface area contributed by atoms with Crippen molar-refractivity contribution in [1.29, 1.82) is 0 Å². The molecule has 1 fully saturated rings. The van der Waals surface area contributed by atoms with E-state index in [1.165, 1.54) is 12.1 Å². The van der Waals surface area contributed by atoms with Gasteiger partial charge in [-0.15, -0.1) is 0 Å². The first-order valence-corrected chi connectivity index (χ1v) is 7.56. The first kappa shape index (κ1) is 11.8. The van der Waals surface area contributed by atoms with Crippen molar-refractivity contribution in [3.8, 4) is 0 Å². The second-order valence-electron chi connectivity index (χ2n) is 3.95. The van der Waals surface area contributed by atoms with Gasteiger partial charge >= 0.3 is 0 Å². The Morgan fingerprint density at radius 1 is 1.25 bits per heavy atom. The molecule has 0 radical (unpaired) electrons. The van der Waals surface area contributed by atoms with Crippen molar-refractivity contribution < 1.29 is 17.2 Å². The van der Waals surface area contributed by atoms with Gasteiger partial charge in [-0.25, -0.2) is 8.42 Å². The molecule has 16 heavy (non-hydrogen) atoms. The molecule has 1 unspecified atom stereocenters. The number of sulfone groups is 1. The zero-order valence-corrected chi connectivity index (χ0v) is 10.1. The lowest BCUT2D eigenvalue weighted by Gasteiger charge is -2.17. The summed E-state index contributed by atoms with van der Waals surface area (Å²) in [6, 6.07) is 8.00. The third kappa shape index (κ3) is 1.92. The van der Waals surface area contributed by atoms with Crippen molar-refractivity contribution in [2.24, 2.45) is 0 Å². The number of hydrogen-bond acceptors (Lipinski definition) is 4. The molecule has 0 N–H and O–H groups in total. The third-order valence-corrected chi connectivity index (χ3v) is 6.37. The molecule has 2 rings (SSSR count). The van der Waals surface area contributed by atoms with Crippen LogP contribution in [-0.2, 0) is 20.9 Å². The van der Waals surface area contributed by atoms with Crippen LogP contribution in [0.4, 0.5) is 0 Å². The Morgan fingerprint density at radius 2 is 1.81 bits per heavy atom. The smallest absolute Gasteiger partial charge is 0.184 e. The number of rotatable bonds is 4. The summed E-state index contributed by atoms with van der Waals surface area (Å²) in [6.45, 7) is 0. The molecule has 0 amide bonds. The standard InChI is InChI=1S/C10H12O4S2/c11-15(12)8-10(6-7-10)16(13,14)9-4-2-1-3-5-9/h1-5H,6-8H2,(H,11,12)/p-1. The van der Waals surface area contributed by atoms with E-state index >= 15 is 0 Å². The van der Waals surface area contributed by atoms with Gasteiger partial charge in [0.25, 0.3) is 0 Å². The average molecular weight is 259 g/mol. The van der Waals surface area contributed by atoms with Crippen molar-refractivity contribution in [3.63, 3.8) is 0 Å². The number of benzene rings is 1. The highest BCUT2D eigenvalue weighted by Gasteiger charge is 2.54. The summed E-state index contributed by atoms with van der Waals surface area (Å²) in [6.07, 6.45) is 0.858. The molecule has 6 heteroatoms. The molecular formula is C10H11O4S2-. The molecule has 1 saturated carbocycles. The Hall–Kier alpha value is -0.720. The van der Waals surface area contributed by atoms with Gasteiger partial charge in [-0.1, -0.05) is 29.3 Å². The predicted octanol–water partition coefficient (Wildman–Crippen LogP) is 0.872. The molecule has 1 atom stereocenters. The fourth-order valence-corrected chi connectivity index (χ4v) is 4.98.